The second-order valence-corrected chi connectivity index (χ2v) is 5.60. The van der Waals surface area contributed by atoms with Gasteiger partial charge in [0.05, 0.1) is 0 Å². The third kappa shape index (κ3) is 3.67. The molecule has 5 heteroatoms. The van der Waals surface area contributed by atoms with E-state index in [0.29, 0.717) is 5.54 Å². The van der Waals surface area contributed by atoms with Gasteiger partial charge in [0.2, 0.25) is 0 Å². The molecular formula is C15H22F2N2O. The molecule has 112 valence electrons. The molecule has 0 aliphatic heterocycles. The Morgan fingerprint density at radius 1 is 1.25 bits per heavy atom. The molecule has 0 atom stereocenters. The van der Waals surface area contributed by atoms with Crippen LogP contribution < -0.4 is 10.1 Å². The number of halogens is 2. The normalized spacial score (nSPS) is 17.3. The van der Waals surface area contributed by atoms with Gasteiger partial charge in [-0.05, 0) is 51.1 Å². The van der Waals surface area contributed by atoms with Gasteiger partial charge < -0.3 is 15.0 Å². The summed E-state index contributed by atoms with van der Waals surface area (Å²) < 4.78 is 28.4. The van der Waals surface area contributed by atoms with Crippen LogP contribution in [0.1, 0.15) is 24.8 Å². The predicted molar refractivity (Wildman–Crippen MR) is 75.0 cm³/mol. The van der Waals surface area contributed by atoms with E-state index in [2.05, 4.69) is 29.0 Å². The summed E-state index contributed by atoms with van der Waals surface area (Å²) in [4.78, 5) is 2.29. The molecule has 1 saturated carbocycles. The van der Waals surface area contributed by atoms with Gasteiger partial charge in [0.25, 0.3) is 0 Å². The van der Waals surface area contributed by atoms with Crippen molar-refractivity contribution in [1.29, 1.82) is 0 Å². The Morgan fingerprint density at radius 2 is 1.90 bits per heavy atom. The van der Waals surface area contributed by atoms with Crippen LogP contribution in [-0.2, 0) is 6.54 Å². The summed E-state index contributed by atoms with van der Waals surface area (Å²) in [5.41, 5.74) is 1.36. The van der Waals surface area contributed by atoms with Crippen LogP contribution in [0.25, 0.3) is 0 Å². The topological polar surface area (TPSA) is 24.5 Å². The van der Waals surface area contributed by atoms with Crippen molar-refractivity contribution in [1.82, 2.24) is 10.2 Å². The largest absolute Gasteiger partial charge is 0.435 e. The summed E-state index contributed by atoms with van der Waals surface area (Å²) in [5.74, 6) is 0.201. The molecule has 1 fully saturated rings. The maximum atomic E-state index is 12.0. The minimum absolute atomic E-state index is 0.201. The van der Waals surface area contributed by atoms with Crippen LogP contribution in [0.4, 0.5) is 8.78 Å². The van der Waals surface area contributed by atoms with Crippen molar-refractivity contribution in [2.45, 2.75) is 38.0 Å². The van der Waals surface area contributed by atoms with Crippen LogP contribution in [-0.4, -0.2) is 37.7 Å². The number of hydrogen-bond donors (Lipinski definition) is 1. The van der Waals surface area contributed by atoms with E-state index in [1.165, 1.54) is 19.3 Å². The SMILES string of the molecule is CN(C)C1(CNCc2ccc(OC(F)F)cc2)CCC1. The highest BCUT2D eigenvalue weighted by molar-refractivity contribution is 5.27. The fourth-order valence-electron chi connectivity index (χ4n) is 2.60. The molecule has 1 N–H and O–H groups in total. The second kappa shape index (κ2) is 6.50. The van der Waals surface area contributed by atoms with E-state index in [1.54, 1.807) is 12.1 Å². The molecular weight excluding hydrogens is 262 g/mol. The molecule has 3 nitrogen and oxygen atoms in total. The van der Waals surface area contributed by atoms with E-state index in [4.69, 9.17) is 0 Å². The summed E-state index contributed by atoms with van der Waals surface area (Å²) in [6.45, 7) is -1.07. The van der Waals surface area contributed by atoms with Gasteiger partial charge >= 0.3 is 6.61 Å². The number of alkyl halides is 2. The average molecular weight is 284 g/mol. The molecule has 1 aromatic carbocycles. The Hall–Kier alpha value is -1.20. The summed E-state index contributed by atoms with van der Waals surface area (Å²) in [6.07, 6.45) is 3.75. The van der Waals surface area contributed by atoms with Gasteiger partial charge in [-0.3, -0.25) is 0 Å². The maximum absolute atomic E-state index is 12.0. The summed E-state index contributed by atoms with van der Waals surface area (Å²) in [6, 6.07) is 6.78. The van der Waals surface area contributed by atoms with Gasteiger partial charge in [0.1, 0.15) is 5.75 Å². The molecule has 0 spiro atoms. The zero-order valence-electron chi connectivity index (χ0n) is 12.0. The Labute approximate surface area is 118 Å². The first-order valence-corrected chi connectivity index (χ1v) is 6.94. The molecule has 1 aliphatic rings. The van der Waals surface area contributed by atoms with Crippen molar-refractivity contribution in [3.8, 4) is 5.75 Å². The van der Waals surface area contributed by atoms with Crippen molar-refractivity contribution >= 4 is 0 Å². The van der Waals surface area contributed by atoms with Crippen LogP contribution in [0.3, 0.4) is 0 Å². The lowest BCUT2D eigenvalue weighted by Crippen LogP contribution is -2.56. The fourth-order valence-corrected chi connectivity index (χ4v) is 2.60. The third-order valence-corrected chi connectivity index (χ3v) is 4.16. The van der Waals surface area contributed by atoms with Gasteiger partial charge in [0, 0.05) is 18.6 Å². The number of likely N-dealkylation sites (N-methyl/N-ethyl adjacent to an activating group) is 1. The number of benzene rings is 1. The van der Waals surface area contributed by atoms with Gasteiger partial charge in [-0.2, -0.15) is 8.78 Å². The standard InChI is InChI=1S/C15H22F2N2O/c1-19(2)15(8-3-9-15)11-18-10-12-4-6-13(7-5-12)20-14(16)17/h4-7,14,18H,3,8-11H2,1-2H3. The van der Waals surface area contributed by atoms with Crippen molar-refractivity contribution < 1.29 is 13.5 Å². The third-order valence-electron chi connectivity index (χ3n) is 4.16. The molecule has 0 heterocycles. The minimum atomic E-state index is -2.77. The summed E-state index contributed by atoms with van der Waals surface area (Å²) in [7, 11) is 4.24. The quantitative estimate of drug-likeness (QED) is 0.833. The van der Waals surface area contributed by atoms with Gasteiger partial charge in [-0.1, -0.05) is 12.1 Å². The maximum Gasteiger partial charge on any atom is 0.387 e. The smallest absolute Gasteiger partial charge is 0.387 e. The molecule has 20 heavy (non-hydrogen) atoms. The number of hydrogen-bond acceptors (Lipinski definition) is 3. The number of nitrogens with zero attached hydrogens (tertiary/aromatic N) is 1. The lowest BCUT2D eigenvalue weighted by molar-refractivity contribution is -0.0498. The Balaban J connectivity index is 1.79. The summed E-state index contributed by atoms with van der Waals surface area (Å²) >= 11 is 0. The number of rotatable bonds is 7. The highest BCUT2D eigenvalue weighted by Gasteiger charge is 2.38. The van der Waals surface area contributed by atoms with Crippen molar-refractivity contribution in [2.75, 3.05) is 20.6 Å². The molecule has 0 amide bonds. The van der Waals surface area contributed by atoms with E-state index in [1.807, 2.05) is 12.1 Å². The van der Waals surface area contributed by atoms with Crippen LogP contribution in [0, 0.1) is 0 Å². The van der Waals surface area contributed by atoms with Crippen molar-refractivity contribution in [3.63, 3.8) is 0 Å². The molecule has 1 aliphatic carbocycles. The zero-order chi connectivity index (χ0) is 14.6. The lowest BCUT2D eigenvalue weighted by atomic mass is 9.75. The van der Waals surface area contributed by atoms with E-state index in [-0.39, 0.29) is 5.75 Å². The Kier molecular flexibility index (Phi) is 4.94. The Morgan fingerprint density at radius 3 is 2.35 bits per heavy atom. The van der Waals surface area contributed by atoms with Gasteiger partial charge in [-0.15, -0.1) is 0 Å². The Bertz CT molecular complexity index is 416. The molecule has 0 saturated heterocycles. The van der Waals surface area contributed by atoms with Crippen molar-refractivity contribution in [2.24, 2.45) is 0 Å². The average Bonchev–Trinajstić information content (AvgIpc) is 2.33. The van der Waals surface area contributed by atoms with E-state index < -0.39 is 6.61 Å². The second-order valence-electron chi connectivity index (χ2n) is 5.60. The predicted octanol–water partition coefficient (Wildman–Crippen LogP) is 2.86. The van der Waals surface area contributed by atoms with Crippen molar-refractivity contribution in [3.05, 3.63) is 29.8 Å². The summed E-state index contributed by atoms with van der Waals surface area (Å²) in [5, 5.41) is 3.46. The zero-order valence-corrected chi connectivity index (χ0v) is 12.0. The van der Waals surface area contributed by atoms with E-state index in [0.717, 1.165) is 18.7 Å². The van der Waals surface area contributed by atoms with E-state index in [9.17, 15) is 8.78 Å². The first-order chi connectivity index (χ1) is 9.52. The number of ether oxygens (including phenoxy) is 1. The molecule has 0 aromatic heterocycles. The van der Waals surface area contributed by atoms with Crippen LogP contribution in [0.2, 0.25) is 0 Å². The molecule has 1 aromatic rings. The highest BCUT2D eigenvalue weighted by Crippen LogP contribution is 2.35. The monoisotopic (exact) mass is 284 g/mol. The van der Waals surface area contributed by atoms with Gasteiger partial charge in [-0.25, -0.2) is 0 Å². The van der Waals surface area contributed by atoms with Crippen LogP contribution >= 0.6 is 0 Å². The minimum Gasteiger partial charge on any atom is -0.435 e. The first kappa shape index (κ1) is 15.2. The van der Waals surface area contributed by atoms with Crippen LogP contribution in [0.5, 0.6) is 5.75 Å². The molecule has 0 bridgehead atoms. The highest BCUT2D eigenvalue weighted by atomic mass is 19.3. The molecule has 2 rings (SSSR count). The first-order valence-electron chi connectivity index (χ1n) is 6.94. The molecule has 0 unspecified atom stereocenters. The van der Waals surface area contributed by atoms with Crippen LogP contribution in [0.15, 0.2) is 24.3 Å². The van der Waals surface area contributed by atoms with Gasteiger partial charge in [0.15, 0.2) is 0 Å². The fraction of sp³-hybridized carbons (Fsp3) is 0.600. The molecule has 0 radical (unpaired) electrons. The van der Waals surface area contributed by atoms with E-state index >= 15 is 0 Å². The number of nitrogens with one attached hydrogen (secondary N) is 1. The lowest BCUT2D eigenvalue weighted by Gasteiger charge is -2.47.